The average molecular weight is 204 g/mol. The normalized spacial score (nSPS) is 17.3. The zero-order valence-corrected chi connectivity index (χ0v) is 8.77. The summed E-state index contributed by atoms with van der Waals surface area (Å²) in [5.74, 6) is -2.55. The molecule has 0 rings (SSSR count). The van der Waals surface area contributed by atoms with Crippen LogP contribution < -0.4 is 0 Å². The van der Waals surface area contributed by atoms with Crippen LogP contribution in [0.3, 0.4) is 0 Å². The molecule has 0 aliphatic rings. The van der Waals surface area contributed by atoms with Crippen LogP contribution in [0.15, 0.2) is 0 Å². The van der Waals surface area contributed by atoms with E-state index in [4.69, 9.17) is 5.11 Å². The maximum absolute atomic E-state index is 10.8. The van der Waals surface area contributed by atoms with Crippen molar-refractivity contribution in [2.45, 2.75) is 39.4 Å². The van der Waals surface area contributed by atoms with Crippen LogP contribution in [-0.4, -0.2) is 33.9 Å². The average Bonchev–Trinajstić information content (AvgIpc) is 2.00. The molecule has 2 N–H and O–H groups in total. The molecule has 0 saturated carbocycles. The van der Waals surface area contributed by atoms with Crippen LogP contribution in [0.2, 0.25) is 0 Å². The van der Waals surface area contributed by atoms with E-state index >= 15 is 0 Å². The SMILES string of the molecule is CC(=O)OC(C)C(O)(C(=O)O)C(C)C. The Labute approximate surface area is 82.7 Å². The molecule has 2 atom stereocenters. The molecule has 0 saturated heterocycles. The molecule has 0 aliphatic heterocycles. The van der Waals surface area contributed by atoms with E-state index in [2.05, 4.69) is 4.74 Å². The maximum atomic E-state index is 10.8. The molecule has 5 nitrogen and oxygen atoms in total. The summed E-state index contributed by atoms with van der Waals surface area (Å²) in [6.45, 7) is 5.62. The second-order valence-electron chi connectivity index (χ2n) is 3.54. The van der Waals surface area contributed by atoms with Crippen molar-refractivity contribution in [3.8, 4) is 0 Å². The van der Waals surface area contributed by atoms with Crippen molar-refractivity contribution in [1.29, 1.82) is 0 Å². The smallest absolute Gasteiger partial charge is 0.339 e. The van der Waals surface area contributed by atoms with Gasteiger partial charge in [-0.2, -0.15) is 0 Å². The minimum Gasteiger partial charge on any atom is -0.479 e. The molecule has 0 aromatic carbocycles. The van der Waals surface area contributed by atoms with Gasteiger partial charge in [-0.15, -0.1) is 0 Å². The van der Waals surface area contributed by atoms with Gasteiger partial charge in [-0.1, -0.05) is 13.8 Å². The zero-order chi connectivity index (χ0) is 11.5. The second kappa shape index (κ2) is 4.41. The van der Waals surface area contributed by atoms with Gasteiger partial charge in [-0.3, -0.25) is 4.79 Å². The van der Waals surface area contributed by atoms with Crippen LogP contribution in [0, 0.1) is 5.92 Å². The predicted octanol–water partition coefficient (Wildman–Crippen LogP) is 0.410. The van der Waals surface area contributed by atoms with Gasteiger partial charge in [0.05, 0.1) is 0 Å². The van der Waals surface area contributed by atoms with Gasteiger partial charge in [-0.25, -0.2) is 4.79 Å². The molecule has 0 amide bonds. The molecule has 0 heterocycles. The lowest BCUT2D eigenvalue weighted by molar-refractivity contribution is -0.187. The molecule has 5 heteroatoms. The third-order valence-electron chi connectivity index (χ3n) is 2.19. The third kappa shape index (κ3) is 2.45. The molecule has 0 fully saturated rings. The second-order valence-corrected chi connectivity index (χ2v) is 3.54. The number of carboxylic acid groups (broad SMARTS) is 1. The molecule has 0 spiro atoms. The maximum Gasteiger partial charge on any atom is 0.339 e. The first-order valence-electron chi connectivity index (χ1n) is 4.35. The fraction of sp³-hybridized carbons (Fsp3) is 0.778. The molecule has 0 aromatic heterocycles. The number of aliphatic hydroxyl groups is 1. The Kier molecular flexibility index (Phi) is 4.07. The Morgan fingerprint density at radius 2 is 1.71 bits per heavy atom. The van der Waals surface area contributed by atoms with Crippen molar-refractivity contribution in [3.05, 3.63) is 0 Å². The highest BCUT2D eigenvalue weighted by atomic mass is 16.6. The fourth-order valence-corrected chi connectivity index (χ4v) is 1.23. The molecular formula is C9H16O5. The minimum absolute atomic E-state index is 0.547. The third-order valence-corrected chi connectivity index (χ3v) is 2.19. The first kappa shape index (κ1) is 12.9. The Morgan fingerprint density at radius 1 is 1.29 bits per heavy atom. The standard InChI is InChI=1S/C9H16O5/c1-5(2)9(13,8(11)12)6(3)14-7(4)10/h5-6,13H,1-4H3,(H,11,12). The van der Waals surface area contributed by atoms with Crippen molar-refractivity contribution in [2.75, 3.05) is 0 Å². The number of hydrogen-bond donors (Lipinski definition) is 2. The van der Waals surface area contributed by atoms with Crippen LogP contribution in [0.25, 0.3) is 0 Å². The summed E-state index contributed by atoms with van der Waals surface area (Å²) in [6, 6.07) is 0. The Morgan fingerprint density at radius 3 is 1.93 bits per heavy atom. The minimum atomic E-state index is -2.04. The first-order valence-corrected chi connectivity index (χ1v) is 4.35. The molecule has 0 radical (unpaired) electrons. The highest BCUT2D eigenvalue weighted by molar-refractivity contribution is 5.79. The quantitative estimate of drug-likeness (QED) is 0.648. The van der Waals surface area contributed by atoms with Crippen molar-refractivity contribution in [3.63, 3.8) is 0 Å². The number of hydrogen-bond acceptors (Lipinski definition) is 4. The number of ether oxygens (including phenoxy) is 1. The van der Waals surface area contributed by atoms with Gasteiger partial charge in [0.25, 0.3) is 0 Å². The molecular weight excluding hydrogens is 188 g/mol. The molecule has 82 valence electrons. The summed E-state index contributed by atoms with van der Waals surface area (Å²) in [7, 11) is 0. The predicted molar refractivity (Wildman–Crippen MR) is 48.7 cm³/mol. The van der Waals surface area contributed by atoms with E-state index in [-0.39, 0.29) is 0 Å². The van der Waals surface area contributed by atoms with E-state index in [1.54, 1.807) is 13.8 Å². The van der Waals surface area contributed by atoms with Crippen molar-refractivity contribution < 1.29 is 24.5 Å². The molecule has 2 unspecified atom stereocenters. The number of aliphatic carboxylic acids is 1. The zero-order valence-electron chi connectivity index (χ0n) is 8.77. The number of carbonyl (C=O) groups excluding carboxylic acids is 1. The van der Waals surface area contributed by atoms with Crippen molar-refractivity contribution in [2.24, 2.45) is 5.92 Å². The largest absolute Gasteiger partial charge is 0.479 e. The van der Waals surface area contributed by atoms with Crippen LogP contribution in [0.1, 0.15) is 27.7 Å². The number of carbonyl (C=O) groups is 2. The van der Waals surface area contributed by atoms with E-state index in [0.717, 1.165) is 0 Å². The molecule has 0 aromatic rings. The Hall–Kier alpha value is -1.10. The summed E-state index contributed by atoms with van der Waals surface area (Å²) >= 11 is 0. The highest BCUT2D eigenvalue weighted by Crippen LogP contribution is 2.24. The van der Waals surface area contributed by atoms with Crippen molar-refractivity contribution >= 4 is 11.9 Å². The van der Waals surface area contributed by atoms with Crippen LogP contribution in [0.5, 0.6) is 0 Å². The lowest BCUT2D eigenvalue weighted by Gasteiger charge is -2.32. The number of rotatable bonds is 4. The summed E-state index contributed by atoms with van der Waals surface area (Å²) in [6.07, 6.45) is -1.07. The number of carboxylic acids is 1. The summed E-state index contributed by atoms with van der Waals surface area (Å²) in [5.41, 5.74) is -2.04. The topological polar surface area (TPSA) is 83.8 Å². The van der Waals surface area contributed by atoms with Gasteiger partial charge in [0, 0.05) is 6.92 Å². The van der Waals surface area contributed by atoms with Gasteiger partial charge < -0.3 is 14.9 Å². The van der Waals surface area contributed by atoms with Gasteiger partial charge in [0.2, 0.25) is 5.60 Å². The molecule has 0 bridgehead atoms. The summed E-state index contributed by atoms with van der Waals surface area (Å²) in [4.78, 5) is 21.5. The van der Waals surface area contributed by atoms with E-state index in [0.29, 0.717) is 0 Å². The van der Waals surface area contributed by atoms with Crippen LogP contribution in [0.4, 0.5) is 0 Å². The first-order chi connectivity index (χ1) is 6.22. The van der Waals surface area contributed by atoms with E-state index in [1.807, 2.05) is 0 Å². The lowest BCUT2D eigenvalue weighted by Crippen LogP contribution is -2.53. The van der Waals surface area contributed by atoms with Crippen molar-refractivity contribution in [1.82, 2.24) is 0 Å². The van der Waals surface area contributed by atoms with E-state index in [1.165, 1.54) is 13.8 Å². The number of esters is 1. The van der Waals surface area contributed by atoms with Crippen LogP contribution in [-0.2, 0) is 14.3 Å². The fourth-order valence-electron chi connectivity index (χ4n) is 1.23. The lowest BCUT2D eigenvalue weighted by atomic mass is 9.85. The monoisotopic (exact) mass is 204 g/mol. The Bertz CT molecular complexity index is 235. The summed E-state index contributed by atoms with van der Waals surface area (Å²) < 4.78 is 4.67. The highest BCUT2D eigenvalue weighted by Gasteiger charge is 2.46. The van der Waals surface area contributed by atoms with E-state index in [9.17, 15) is 14.7 Å². The van der Waals surface area contributed by atoms with Gasteiger partial charge >= 0.3 is 11.9 Å². The molecule has 14 heavy (non-hydrogen) atoms. The van der Waals surface area contributed by atoms with E-state index < -0.39 is 29.6 Å². The van der Waals surface area contributed by atoms with Gasteiger partial charge in [0.15, 0.2) is 0 Å². The van der Waals surface area contributed by atoms with Crippen LogP contribution >= 0.6 is 0 Å². The summed E-state index contributed by atoms with van der Waals surface area (Å²) in [5, 5.41) is 18.7. The molecule has 0 aliphatic carbocycles. The van der Waals surface area contributed by atoms with Gasteiger partial charge in [-0.05, 0) is 12.8 Å². The van der Waals surface area contributed by atoms with Gasteiger partial charge in [0.1, 0.15) is 6.10 Å². The Balaban J connectivity index is 4.82.